The lowest BCUT2D eigenvalue weighted by atomic mass is 10.1. The number of aryl methyl sites for hydroxylation is 1. The Kier molecular flexibility index (Phi) is 8.39. The van der Waals surface area contributed by atoms with Crippen LogP contribution in [-0.4, -0.2) is 58.8 Å². The topological polar surface area (TPSA) is 106 Å². The zero-order valence-corrected chi connectivity index (χ0v) is 24.6. The van der Waals surface area contributed by atoms with Crippen LogP contribution in [0.3, 0.4) is 0 Å². The van der Waals surface area contributed by atoms with Gasteiger partial charge in [-0.05, 0) is 64.0 Å². The molecule has 1 aliphatic heterocycles. The van der Waals surface area contributed by atoms with Crippen LogP contribution < -0.4 is 20.3 Å². The van der Waals surface area contributed by atoms with E-state index in [0.717, 1.165) is 37.4 Å². The first-order valence-electron chi connectivity index (χ1n) is 13.9. The van der Waals surface area contributed by atoms with E-state index in [1.54, 1.807) is 32.5 Å². The molecule has 10 nitrogen and oxygen atoms in total. The molecule has 0 radical (unpaired) electrons. The van der Waals surface area contributed by atoms with Crippen molar-refractivity contribution in [3.05, 3.63) is 60.8 Å². The zero-order valence-electron chi connectivity index (χ0n) is 24.6. The van der Waals surface area contributed by atoms with E-state index in [0.29, 0.717) is 39.4 Å². The quantitative estimate of drug-likeness (QED) is 0.235. The molecule has 1 fully saturated rings. The number of hydrogen-bond acceptors (Lipinski definition) is 8. The monoisotopic (exact) mass is 573 g/mol. The summed E-state index contributed by atoms with van der Waals surface area (Å²) in [6.45, 7) is 11.1. The van der Waals surface area contributed by atoms with Gasteiger partial charge in [-0.2, -0.15) is 0 Å². The Labute approximate surface area is 244 Å². The largest absolute Gasteiger partial charge is 0.494 e. The summed E-state index contributed by atoms with van der Waals surface area (Å²) in [5.41, 5.74) is 4.17. The summed E-state index contributed by atoms with van der Waals surface area (Å²) in [5, 5.41) is 6.14. The minimum absolute atomic E-state index is 0.116. The molecular weight excluding hydrogens is 537 g/mol. The number of imidazole rings is 1. The number of fused-ring (bicyclic) bond motifs is 1. The predicted octanol–water partition coefficient (Wildman–Crippen LogP) is 6.01. The maximum absolute atomic E-state index is 15.1. The Bertz CT molecular complexity index is 1630. The molecule has 0 unspecified atom stereocenters. The summed E-state index contributed by atoms with van der Waals surface area (Å²) >= 11 is 0. The van der Waals surface area contributed by atoms with Crippen molar-refractivity contribution in [2.75, 3.05) is 42.8 Å². The highest BCUT2D eigenvalue weighted by Gasteiger charge is 2.24. The lowest BCUT2D eigenvalue weighted by Gasteiger charge is -2.34. The molecule has 0 saturated carbocycles. The van der Waals surface area contributed by atoms with Crippen LogP contribution in [0, 0.1) is 12.7 Å². The number of amides is 1. The van der Waals surface area contributed by atoms with Crippen molar-refractivity contribution < 1.29 is 18.7 Å². The summed E-state index contributed by atoms with van der Waals surface area (Å²) in [4.78, 5) is 28.0. The van der Waals surface area contributed by atoms with Crippen molar-refractivity contribution in [2.24, 2.45) is 0 Å². The van der Waals surface area contributed by atoms with Crippen LogP contribution in [0.5, 0.6) is 5.75 Å². The molecule has 2 aromatic carbocycles. The fourth-order valence-electron chi connectivity index (χ4n) is 5.48. The normalized spacial score (nSPS) is 13.9. The number of halogens is 1. The third kappa shape index (κ3) is 5.78. The van der Waals surface area contributed by atoms with Gasteiger partial charge in [-0.25, -0.2) is 19.3 Å². The molecule has 0 atom stereocenters. The number of methoxy groups -OCH3 is 2. The van der Waals surface area contributed by atoms with Gasteiger partial charge >= 0.3 is 0 Å². The van der Waals surface area contributed by atoms with E-state index in [1.165, 1.54) is 12.1 Å². The third-order valence-corrected chi connectivity index (χ3v) is 7.52. The molecule has 5 rings (SSSR count). The van der Waals surface area contributed by atoms with Crippen molar-refractivity contribution in [3.8, 4) is 17.0 Å². The van der Waals surface area contributed by atoms with Crippen LogP contribution in [-0.2, 0) is 9.53 Å². The highest BCUT2D eigenvalue weighted by molar-refractivity contribution is 6.02. The van der Waals surface area contributed by atoms with Gasteiger partial charge in [0, 0.05) is 44.1 Å². The van der Waals surface area contributed by atoms with Gasteiger partial charge in [0.25, 0.3) is 0 Å². The van der Waals surface area contributed by atoms with Gasteiger partial charge in [0.1, 0.15) is 17.1 Å². The second-order valence-corrected chi connectivity index (χ2v) is 10.5. The van der Waals surface area contributed by atoms with Crippen LogP contribution in [0.2, 0.25) is 0 Å². The molecule has 0 bridgehead atoms. The van der Waals surface area contributed by atoms with E-state index in [4.69, 9.17) is 9.47 Å². The standard InChI is InChI=1S/C31H36FN7O3/c1-7-29(40)35-24-16-25(28(42-6)17-26(24)38-12-9-21(41-5)10-13-38)37-31-33-11-8-23(36-31)20-14-22(32)30-27(15-20)39(18(2)3)19(4)34-30/h7-8,11,14-18,21H,1,9-10,12-13H2,2-6H3,(H,35,40)(H,33,36,37). The number of anilines is 4. The van der Waals surface area contributed by atoms with E-state index in [1.807, 2.05) is 37.5 Å². The number of rotatable bonds is 9. The number of piperidine rings is 1. The fourth-order valence-corrected chi connectivity index (χ4v) is 5.48. The van der Waals surface area contributed by atoms with E-state index in [2.05, 4.69) is 37.1 Å². The van der Waals surface area contributed by atoms with Gasteiger partial charge in [-0.1, -0.05) is 6.58 Å². The van der Waals surface area contributed by atoms with E-state index in [-0.39, 0.29) is 24.0 Å². The molecule has 11 heteroatoms. The number of ether oxygens (including phenoxy) is 2. The molecule has 220 valence electrons. The maximum atomic E-state index is 15.1. The van der Waals surface area contributed by atoms with Crippen molar-refractivity contribution in [3.63, 3.8) is 0 Å². The molecule has 2 aromatic heterocycles. The molecule has 0 spiro atoms. The van der Waals surface area contributed by atoms with Gasteiger partial charge in [0.05, 0.1) is 41.5 Å². The van der Waals surface area contributed by atoms with Crippen molar-refractivity contribution >= 4 is 40.0 Å². The number of aromatic nitrogens is 4. The number of carbonyl (C=O) groups excluding carboxylic acids is 1. The number of hydrogen-bond donors (Lipinski definition) is 2. The molecular formula is C31H36FN7O3. The van der Waals surface area contributed by atoms with E-state index in [9.17, 15) is 4.79 Å². The zero-order chi connectivity index (χ0) is 30.0. The predicted molar refractivity (Wildman–Crippen MR) is 163 cm³/mol. The first kappa shape index (κ1) is 29.0. The minimum Gasteiger partial charge on any atom is -0.494 e. The molecule has 2 N–H and O–H groups in total. The average Bonchev–Trinajstić information content (AvgIpc) is 3.34. The smallest absolute Gasteiger partial charge is 0.247 e. The Morgan fingerprint density at radius 1 is 1.14 bits per heavy atom. The van der Waals surface area contributed by atoms with Crippen LogP contribution >= 0.6 is 0 Å². The highest BCUT2D eigenvalue weighted by atomic mass is 19.1. The van der Waals surface area contributed by atoms with E-state index < -0.39 is 5.82 Å². The lowest BCUT2D eigenvalue weighted by molar-refractivity contribution is -0.111. The molecule has 4 aromatic rings. The summed E-state index contributed by atoms with van der Waals surface area (Å²) in [5.74, 6) is 0.847. The highest BCUT2D eigenvalue weighted by Crippen LogP contribution is 2.39. The molecule has 42 heavy (non-hydrogen) atoms. The second-order valence-electron chi connectivity index (χ2n) is 10.5. The molecule has 1 amide bonds. The number of nitrogens with zero attached hydrogens (tertiary/aromatic N) is 5. The van der Waals surface area contributed by atoms with Gasteiger partial charge < -0.3 is 29.6 Å². The van der Waals surface area contributed by atoms with Crippen LogP contribution in [0.4, 0.5) is 27.4 Å². The van der Waals surface area contributed by atoms with Crippen LogP contribution in [0.1, 0.15) is 38.6 Å². The average molecular weight is 574 g/mol. The maximum Gasteiger partial charge on any atom is 0.247 e. The van der Waals surface area contributed by atoms with Gasteiger partial charge in [-0.15, -0.1) is 0 Å². The minimum atomic E-state index is -0.410. The summed E-state index contributed by atoms with van der Waals surface area (Å²) in [6, 6.07) is 8.87. The number of benzene rings is 2. The molecule has 1 saturated heterocycles. The summed E-state index contributed by atoms with van der Waals surface area (Å²) in [7, 11) is 3.31. The molecule has 3 heterocycles. The van der Waals surface area contributed by atoms with Crippen LogP contribution in [0.15, 0.2) is 49.2 Å². The molecule has 0 aliphatic carbocycles. The fraction of sp³-hybridized carbons (Fsp3) is 0.355. The first-order valence-corrected chi connectivity index (χ1v) is 13.9. The Balaban J connectivity index is 1.50. The Hall–Kier alpha value is -4.51. The first-order chi connectivity index (χ1) is 20.2. The Morgan fingerprint density at radius 3 is 2.57 bits per heavy atom. The Morgan fingerprint density at radius 2 is 1.90 bits per heavy atom. The van der Waals surface area contributed by atoms with Crippen molar-refractivity contribution in [2.45, 2.75) is 45.8 Å². The van der Waals surface area contributed by atoms with Crippen molar-refractivity contribution in [1.29, 1.82) is 0 Å². The summed E-state index contributed by atoms with van der Waals surface area (Å²) in [6.07, 6.45) is 4.80. The number of carbonyl (C=O) groups is 1. The van der Waals surface area contributed by atoms with Crippen molar-refractivity contribution in [1.82, 2.24) is 19.5 Å². The molecule has 1 aliphatic rings. The van der Waals surface area contributed by atoms with Gasteiger partial charge in [-0.3, -0.25) is 4.79 Å². The lowest BCUT2D eigenvalue weighted by Crippen LogP contribution is -2.37. The van der Waals surface area contributed by atoms with Gasteiger partial charge in [0.2, 0.25) is 11.9 Å². The van der Waals surface area contributed by atoms with E-state index >= 15 is 4.39 Å². The number of nitrogens with one attached hydrogen (secondary N) is 2. The third-order valence-electron chi connectivity index (χ3n) is 7.52. The SMILES string of the molecule is C=CC(=O)Nc1cc(Nc2nccc(-c3cc(F)c4nc(C)n(C(C)C)c4c3)n2)c(OC)cc1N1CCC(OC)CC1. The van der Waals surface area contributed by atoms with Crippen LogP contribution in [0.25, 0.3) is 22.3 Å². The summed E-state index contributed by atoms with van der Waals surface area (Å²) < 4.78 is 28.4. The van der Waals surface area contributed by atoms with Gasteiger partial charge in [0.15, 0.2) is 5.82 Å². The second kappa shape index (κ2) is 12.2.